The fourth-order valence-corrected chi connectivity index (χ4v) is 4.79. The summed E-state index contributed by atoms with van der Waals surface area (Å²) in [6.45, 7) is 6.17. The molecule has 1 aromatic heterocycles. The first-order chi connectivity index (χ1) is 15.8. The van der Waals surface area contributed by atoms with E-state index >= 15 is 0 Å². The first-order valence-electron chi connectivity index (χ1n) is 10.4. The van der Waals surface area contributed by atoms with Gasteiger partial charge in [0.1, 0.15) is 11.5 Å². The summed E-state index contributed by atoms with van der Waals surface area (Å²) in [5.41, 5.74) is 8.48. The fourth-order valence-electron chi connectivity index (χ4n) is 3.58. The zero-order valence-corrected chi connectivity index (χ0v) is 25.4. The zero-order chi connectivity index (χ0) is 24.8. The molecule has 1 unspecified atom stereocenters. The van der Waals surface area contributed by atoms with Gasteiger partial charge in [0.15, 0.2) is 11.0 Å². The maximum atomic E-state index is 13.7. The third-order valence-corrected chi connectivity index (χ3v) is 6.89. The molecule has 6 nitrogen and oxygen atoms in total. The number of hydrogen-bond donors (Lipinski definition) is 1. The van der Waals surface area contributed by atoms with E-state index in [0.717, 1.165) is 11.6 Å². The number of anilines is 3. The summed E-state index contributed by atoms with van der Waals surface area (Å²) in [5.74, 6) is -0.939. The quantitative estimate of drug-likeness (QED) is 0.521. The maximum absolute atomic E-state index is 13.7. The molecule has 0 spiro atoms. The Morgan fingerprint density at radius 3 is 2.29 bits per heavy atom. The van der Waals surface area contributed by atoms with E-state index in [1.165, 1.54) is 28.6 Å². The van der Waals surface area contributed by atoms with Gasteiger partial charge in [-0.3, -0.25) is 4.31 Å². The van der Waals surface area contributed by atoms with Crippen LogP contribution < -0.4 is 67.8 Å². The summed E-state index contributed by atoms with van der Waals surface area (Å²) in [5, 5.41) is 2.89. The van der Waals surface area contributed by atoms with Gasteiger partial charge >= 0.3 is 64.4 Å². The van der Waals surface area contributed by atoms with Gasteiger partial charge in [0.25, 0.3) is 0 Å². The number of alkyl halides is 3. The number of hydrogen-bond acceptors (Lipinski definition) is 4. The van der Waals surface area contributed by atoms with Gasteiger partial charge in [-0.05, 0) is 41.3 Å². The summed E-state index contributed by atoms with van der Waals surface area (Å²) >= 11 is 0. The van der Waals surface area contributed by atoms with Crippen molar-refractivity contribution in [3.63, 3.8) is 0 Å². The van der Waals surface area contributed by atoms with Crippen molar-refractivity contribution in [3.05, 3.63) is 82.7 Å². The number of pyridine rings is 1. The topological polar surface area (TPSA) is 86.1 Å². The van der Waals surface area contributed by atoms with E-state index in [4.69, 9.17) is 5.73 Å². The third-order valence-electron chi connectivity index (χ3n) is 5.49. The Morgan fingerprint density at radius 2 is 1.71 bits per heavy atom. The van der Waals surface area contributed by atoms with Gasteiger partial charge in [0, 0.05) is 11.1 Å². The SMILES string of the molecule is CC(C)(C)c1ccc(S(=O)N2Cc3ccc(C(F)(F)F)nc3Nc3ccc(C([NH-])=O)cc32)cc1.[Rb+]. The van der Waals surface area contributed by atoms with E-state index in [0.29, 0.717) is 21.8 Å². The molecule has 3 aromatic rings. The average Bonchev–Trinajstić information content (AvgIpc) is 2.93. The van der Waals surface area contributed by atoms with Crippen LogP contribution >= 0.6 is 0 Å². The van der Waals surface area contributed by atoms with Crippen molar-refractivity contribution < 1.29 is 80.4 Å². The van der Waals surface area contributed by atoms with E-state index in [1.54, 1.807) is 12.1 Å². The molecule has 0 saturated heterocycles. The molecular weight excluding hydrogens is 551 g/mol. The Labute approximate surface area is 252 Å². The van der Waals surface area contributed by atoms with Gasteiger partial charge in [-0.2, -0.15) is 13.2 Å². The van der Waals surface area contributed by atoms with Crippen LogP contribution in [0.1, 0.15) is 48.0 Å². The van der Waals surface area contributed by atoms with Crippen LogP contribution in [0.25, 0.3) is 5.73 Å². The molecule has 0 radical (unpaired) electrons. The second kappa shape index (κ2) is 10.4. The molecule has 1 aliphatic heterocycles. The second-order valence-corrected chi connectivity index (χ2v) is 10.4. The van der Waals surface area contributed by atoms with Crippen molar-refractivity contribution in [2.24, 2.45) is 0 Å². The van der Waals surface area contributed by atoms with Crippen molar-refractivity contribution in [2.75, 3.05) is 9.62 Å². The third kappa shape index (κ3) is 6.04. The standard InChI is InChI=1S/C24H23F3N4O2S.Rb/c1-23(2,3)16-6-8-17(9-7-16)34(33)31-13-15-5-11-20(24(25,26)27)30-22(15)29-18-10-4-14(21(28)32)12-19(18)31;/h4-12H,13H2,1-3H3,(H3,28,29,30,32);/q;+1/p-1. The van der Waals surface area contributed by atoms with Crippen LogP contribution in [-0.4, -0.2) is 15.1 Å². The molecular formula is C24H22F3N4O2RbS. The van der Waals surface area contributed by atoms with E-state index in [2.05, 4.69) is 31.1 Å². The molecule has 4 rings (SSSR count). The Hall–Kier alpha value is -1.59. The molecule has 1 amide bonds. The first-order valence-corrected chi connectivity index (χ1v) is 11.5. The van der Waals surface area contributed by atoms with Gasteiger partial charge in [-0.15, -0.1) is 0 Å². The minimum atomic E-state index is -4.62. The van der Waals surface area contributed by atoms with Gasteiger partial charge in [0.2, 0.25) is 0 Å². The van der Waals surface area contributed by atoms with E-state index in [1.807, 2.05) is 12.1 Å². The molecule has 0 bridgehead atoms. The molecule has 2 heterocycles. The number of fused-ring (bicyclic) bond motifs is 2. The van der Waals surface area contributed by atoms with Gasteiger partial charge in [-0.1, -0.05) is 45.0 Å². The largest absolute Gasteiger partial charge is 1.00 e. The van der Waals surface area contributed by atoms with Crippen LogP contribution in [-0.2, 0) is 29.1 Å². The van der Waals surface area contributed by atoms with E-state index < -0.39 is 28.8 Å². The molecule has 0 fully saturated rings. The van der Waals surface area contributed by atoms with Crippen molar-refractivity contribution in [2.45, 2.75) is 43.8 Å². The molecule has 11 heteroatoms. The van der Waals surface area contributed by atoms with Crippen LogP contribution in [0.3, 0.4) is 0 Å². The number of amides is 1. The number of carbonyl (C=O) groups is 1. The van der Waals surface area contributed by atoms with Crippen LogP contribution in [0.4, 0.5) is 30.4 Å². The Morgan fingerprint density at radius 1 is 1.06 bits per heavy atom. The van der Waals surface area contributed by atoms with Gasteiger partial charge in [0.05, 0.1) is 28.7 Å². The van der Waals surface area contributed by atoms with E-state index in [9.17, 15) is 22.2 Å². The van der Waals surface area contributed by atoms with Crippen LogP contribution in [0.5, 0.6) is 0 Å². The van der Waals surface area contributed by atoms with Crippen molar-refractivity contribution in [1.82, 2.24) is 4.98 Å². The minimum absolute atomic E-state index is 0. The number of rotatable bonds is 3. The van der Waals surface area contributed by atoms with E-state index in [-0.39, 0.29) is 81.5 Å². The molecule has 2 aromatic carbocycles. The predicted octanol–water partition coefficient (Wildman–Crippen LogP) is 3.38. The van der Waals surface area contributed by atoms with Crippen molar-refractivity contribution >= 4 is 34.1 Å². The predicted molar refractivity (Wildman–Crippen MR) is 125 cm³/mol. The summed E-state index contributed by atoms with van der Waals surface area (Å²) in [6.07, 6.45) is -4.62. The number of carbonyl (C=O) groups excluding carboxylic acids is 1. The number of benzene rings is 2. The number of nitrogens with zero attached hydrogens (tertiary/aromatic N) is 2. The zero-order valence-electron chi connectivity index (χ0n) is 19.7. The van der Waals surface area contributed by atoms with Crippen LogP contribution in [0, 0.1) is 0 Å². The molecule has 0 aliphatic carbocycles. The van der Waals surface area contributed by atoms with Crippen molar-refractivity contribution in [1.29, 1.82) is 0 Å². The summed E-state index contributed by atoms with van der Waals surface area (Å²) in [6, 6.07) is 13.7. The van der Waals surface area contributed by atoms with Gasteiger partial charge < -0.3 is 15.8 Å². The summed E-state index contributed by atoms with van der Waals surface area (Å²) in [7, 11) is -1.76. The van der Waals surface area contributed by atoms with Crippen LogP contribution in [0.15, 0.2) is 59.5 Å². The van der Waals surface area contributed by atoms with Gasteiger partial charge in [-0.25, -0.2) is 9.19 Å². The summed E-state index contributed by atoms with van der Waals surface area (Å²) in [4.78, 5) is 15.9. The fraction of sp³-hybridized carbons (Fsp3) is 0.250. The number of halogens is 3. The Bertz CT molecular complexity index is 1290. The second-order valence-electron chi connectivity index (χ2n) is 8.95. The molecule has 1 atom stereocenters. The smallest absolute Gasteiger partial charge is 0.664 e. The van der Waals surface area contributed by atoms with Crippen LogP contribution in [0.2, 0.25) is 0 Å². The molecule has 2 N–H and O–H groups in total. The molecule has 0 saturated carbocycles. The Kier molecular flexibility index (Phi) is 8.32. The molecule has 178 valence electrons. The first kappa shape index (κ1) is 28.0. The number of nitrogens with one attached hydrogen (secondary N) is 2. The number of aromatic nitrogens is 1. The maximum Gasteiger partial charge on any atom is 1.00 e. The Balaban J connectivity index is 0.00000342. The summed E-state index contributed by atoms with van der Waals surface area (Å²) < 4.78 is 54.9. The minimum Gasteiger partial charge on any atom is -0.664 e. The average molecular weight is 573 g/mol. The van der Waals surface area contributed by atoms with Crippen molar-refractivity contribution in [3.8, 4) is 0 Å². The monoisotopic (exact) mass is 572 g/mol. The normalized spacial score (nSPS) is 14.1. The molecule has 1 aliphatic rings. The molecule has 35 heavy (non-hydrogen) atoms.